The van der Waals surface area contributed by atoms with Crippen molar-refractivity contribution in [1.82, 2.24) is 4.98 Å². The second kappa shape index (κ2) is 6.76. The number of methoxy groups -OCH3 is 1. The van der Waals surface area contributed by atoms with Crippen molar-refractivity contribution >= 4 is 22.2 Å². The summed E-state index contributed by atoms with van der Waals surface area (Å²) in [4.78, 5) is 6.18. The van der Waals surface area contributed by atoms with Gasteiger partial charge in [-0.25, -0.2) is 4.98 Å². The lowest BCUT2D eigenvalue weighted by Crippen LogP contribution is -2.02. The highest BCUT2D eigenvalue weighted by Crippen LogP contribution is 2.40. The summed E-state index contributed by atoms with van der Waals surface area (Å²) in [7, 11) is 1.71. The molecule has 1 aromatic heterocycles. The molecule has 1 aliphatic carbocycles. The average molecular weight is 352 g/mol. The highest BCUT2D eigenvalue weighted by molar-refractivity contribution is 7.16. The summed E-state index contributed by atoms with van der Waals surface area (Å²) in [5.41, 5.74) is 4.55. The predicted molar refractivity (Wildman–Crippen MR) is 102 cm³/mol. The zero-order valence-corrected chi connectivity index (χ0v) is 15.2. The van der Waals surface area contributed by atoms with E-state index in [0.29, 0.717) is 6.61 Å². The first-order valence-corrected chi connectivity index (χ1v) is 9.26. The quantitative estimate of drug-likeness (QED) is 0.697. The number of ether oxygens (including phenoxy) is 2. The molecule has 0 unspecified atom stereocenters. The van der Waals surface area contributed by atoms with Crippen molar-refractivity contribution < 1.29 is 9.47 Å². The van der Waals surface area contributed by atoms with E-state index in [9.17, 15) is 0 Å². The van der Waals surface area contributed by atoms with Crippen LogP contribution in [0, 0.1) is 0 Å². The Morgan fingerprint density at radius 3 is 2.88 bits per heavy atom. The summed E-state index contributed by atoms with van der Waals surface area (Å²) in [5, 5.41) is 4.33. The number of hydrogen-bond donors (Lipinski definition) is 1. The van der Waals surface area contributed by atoms with Crippen LogP contribution in [0.15, 0.2) is 42.5 Å². The number of anilines is 2. The normalized spacial score (nSPS) is 12.2. The molecule has 2 aromatic carbocycles. The van der Waals surface area contributed by atoms with E-state index in [4.69, 9.17) is 14.5 Å². The van der Waals surface area contributed by atoms with Crippen molar-refractivity contribution in [3.8, 4) is 22.8 Å². The maximum atomic E-state index is 5.69. The molecule has 1 aliphatic rings. The topological polar surface area (TPSA) is 43.4 Å². The van der Waals surface area contributed by atoms with E-state index in [1.165, 1.54) is 16.0 Å². The molecule has 4 nitrogen and oxygen atoms in total. The first kappa shape index (κ1) is 16.0. The van der Waals surface area contributed by atoms with E-state index < -0.39 is 0 Å². The van der Waals surface area contributed by atoms with Crippen molar-refractivity contribution in [3.05, 3.63) is 52.9 Å². The molecule has 1 N–H and O–H groups in total. The molecule has 0 bridgehead atoms. The van der Waals surface area contributed by atoms with Gasteiger partial charge < -0.3 is 14.8 Å². The standard InChI is InChI=1S/C20H20N2O2S/c1-3-24-17-7-5-4-6-16(17)21-20-22-19-15-10-9-14(23-2)12-13(15)8-11-18(19)25-20/h4-7,9-10,12H,3,8,11H2,1-2H3,(H,21,22). The van der Waals surface area contributed by atoms with Gasteiger partial charge in [-0.05, 0) is 55.7 Å². The van der Waals surface area contributed by atoms with Gasteiger partial charge in [0.2, 0.25) is 0 Å². The molecule has 3 aromatic rings. The first-order chi connectivity index (χ1) is 12.3. The van der Waals surface area contributed by atoms with Gasteiger partial charge in [-0.1, -0.05) is 12.1 Å². The number of hydrogen-bond acceptors (Lipinski definition) is 5. The fourth-order valence-corrected chi connectivity index (χ4v) is 4.12. The number of aryl methyl sites for hydroxylation is 2. The fourth-order valence-electron chi connectivity index (χ4n) is 3.13. The Morgan fingerprint density at radius 1 is 1.16 bits per heavy atom. The van der Waals surface area contributed by atoms with Crippen LogP contribution in [-0.4, -0.2) is 18.7 Å². The third kappa shape index (κ3) is 3.07. The van der Waals surface area contributed by atoms with Crippen molar-refractivity contribution in [2.75, 3.05) is 19.0 Å². The maximum Gasteiger partial charge on any atom is 0.188 e. The smallest absolute Gasteiger partial charge is 0.188 e. The highest BCUT2D eigenvalue weighted by atomic mass is 32.1. The van der Waals surface area contributed by atoms with Crippen LogP contribution < -0.4 is 14.8 Å². The summed E-state index contributed by atoms with van der Waals surface area (Å²) < 4.78 is 11.0. The second-order valence-corrected chi connectivity index (χ2v) is 6.95. The minimum Gasteiger partial charge on any atom is -0.497 e. The number of thiazole rings is 1. The minimum atomic E-state index is 0.641. The van der Waals surface area contributed by atoms with Crippen molar-refractivity contribution in [2.24, 2.45) is 0 Å². The number of rotatable bonds is 5. The van der Waals surface area contributed by atoms with E-state index in [-0.39, 0.29) is 0 Å². The number of fused-ring (bicyclic) bond motifs is 3. The van der Waals surface area contributed by atoms with Gasteiger partial charge in [0.15, 0.2) is 5.13 Å². The van der Waals surface area contributed by atoms with Crippen LogP contribution in [0.5, 0.6) is 11.5 Å². The molecule has 0 radical (unpaired) electrons. The number of aromatic nitrogens is 1. The Balaban J connectivity index is 1.66. The molecule has 0 spiro atoms. The molecule has 25 heavy (non-hydrogen) atoms. The molecule has 128 valence electrons. The van der Waals surface area contributed by atoms with Crippen LogP contribution in [-0.2, 0) is 12.8 Å². The van der Waals surface area contributed by atoms with Gasteiger partial charge in [0.05, 0.1) is 25.1 Å². The fraction of sp³-hybridized carbons (Fsp3) is 0.250. The van der Waals surface area contributed by atoms with E-state index >= 15 is 0 Å². The van der Waals surface area contributed by atoms with Crippen LogP contribution in [0.3, 0.4) is 0 Å². The molecule has 0 amide bonds. The van der Waals surface area contributed by atoms with Crippen molar-refractivity contribution in [2.45, 2.75) is 19.8 Å². The summed E-state index contributed by atoms with van der Waals surface area (Å²) in [6.07, 6.45) is 2.04. The van der Waals surface area contributed by atoms with Crippen molar-refractivity contribution in [1.29, 1.82) is 0 Å². The molecular weight excluding hydrogens is 332 g/mol. The SMILES string of the molecule is CCOc1ccccc1Nc1nc2c(s1)CCc1cc(OC)ccc1-2. The van der Waals surface area contributed by atoms with E-state index in [0.717, 1.165) is 40.9 Å². The number of para-hydroxylation sites is 2. The second-order valence-electron chi connectivity index (χ2n) is 5.87. The lowest BCUT2D eigenvalue weighted by Gasteiger charge is -2.15. The van der Waals surface area contributed by atoms with Gasteiger partial charge in [-0.2, -0.15) is 0 Å². The average Bonchev–Trinajstić information content (AvgIpc) is 3.06. The lowest BCUT2D eigenvalue weighted by molar-refractivity contribution is 0.342. The van der Waals surface area contributed by atoms with Gasteiger partial charge in [-0.3, -0.25) is 0 Å². The molecule has 1 heterocycles. The van der Waals surface area contributed by atoms with Crippen LogP contribution in [0.25, 0.3) is 11.3 Å². The van der Waals surface area contributed by atoms with Crippen LogP contribution >= 0.6 is 11.3 Å². The summed E-state index contributed by atoms with van der Waals surface area (Å²) >= 11 is 1.72. The minimum absolute atomic E-state index is 0.641. The van der Waals surface area contributed by atoms with Gasteiger partial charge in [-0.15, -0.1) is 11.3 Å². The number of nitrogens with one attached hydrogen (secondary N) is 1. The Kier molecular flexibility index (Phi) is 4.32. The Labute approximate surface area is 151 Å². The zero-order chi connectivity index (χ0) is 17.2. The lowest BCUT2D eigenvalue weighted by atomic mass is 9.93. The molecule has 0 saturated carbocycles. The molecule has 0 fully saturated rings. The van der Waals surface area contributed by atoms with Gasteiger partial charge in [0.25, 0.3) is 0 Å². The van der Waals surface area contributed by atoms with Crippen LogP contribution in [0.1, 0.15) is 17.4 Å². The van der Waals surface area contributed by atoms with Crippen LogP contribution in [0.2, 0.25) is 0 Å². The molecular formula is C20H20N2O2S. The molecule has 4 rings (SSSR count). The van der Waals surface area contributed by atoms with Gasteiger partial charge in [0, 0.05) is 10.4 Å². The van der Waals surface area contributed by atoms with Gasteiger partial charge in [0.1, 0.15) is 11.5 Å². The number of nitrogens with zero attached hydrogens (tertiary/aromatic N) is 1. The Bertz CT molecular complexity index is 904. The largest absolute Gasteiger partial charge is 0.497 e. The molecule has 0 aliphatic heterocycles. The third-order valence-corrected chi connectivity index (χ3v) is 5.35. The maximum absolute atomic E-state index is 5.69. The van der Waals surface area contributed by atoms with E-state index in [2.05, 4.69) is 17.4 Å². The third-order valence-electron chi connectivity index (χ3n) is 4.31. The Morgan fingerprint density at radius 2 is 2.04 bits per heavy atom. The molecule has 0 saturated heterocycles. The monoisotopic (exact) mass is 352 g/mol. The van der Waals surface area contributed by atoms with E-state index in [1.807, 2.05) is 37.3 Å². The highest BCUT2D eigenvalue weighted by Gasteiger charge is 2.21. The molecule has 5 heteroatoms. The van der Waals surface area contributed by atoms with E-state index in [1.54, 1.807) is 18.4 Å². The number of benzene rings is 2. The zero-order valence-electron chi connectivity index (χ0n) is 14.3. The summed E-state index contributed by atoms with van der Waals surface area (Å²) in [6, 6.07) is 14.2. The Hall–Kier alpha value is -2.53. The summed E-state index contributed by atoms with van der Waals surface area (Å²) in [5.74, 6) is 1.75. The molecule has 0 atom stereocenters. The van der Waals surface area contributed by atoms with Gasteiger partial charge >= 0.3 is 0 Å². The predicted octanol–water partition coefficient (Wildman–Crippen LogP) is 5.06. The van der Waals surface area contributed by atoms with Crippen LogP contribution in [0.4, 0.5) is 10.8 Å². The van der Waals surface area contributed by atoms with Crippen molar-refractivity contribution in [3.63, 3.8) is 0 Å². The first-order valence-electron chi connectivity index (χ1n) is 8.44. The summed E-state index contributed by atoms with van der Waals surface area (Å²) in [6.45, 7) is 2.63.